The number of rotatable bonds is 5. The number of aromatic amines is 1. The summed E-state index contributed by atoms with van der Waals surface area (Å²) in [7, 11) is 0. The molecule has 136 valence electrons. The molecule has 5 rings (SSSR count). The molecule has 0 fully saturated rings. The fraction of sp³-hybridized carbons (Fsp3) is 0.167. The zero-order valence-corrected chi connectivity index (χ0v) is 19.3. The van der Waals surface area contributed by atoms with Crippen molar-refractivity contribution < 1.29 is 0 Å². The number of aromatic nitrogens is 8. The summed E-state index contributed by atoms with van der Waals surface area (Å²) in [5.74, 6) is 1.55. The Morgan fingerprint density at radius 1 is 1.00 bits per heavy atom. The number of benzene rings is 2. The van der Waals surface area contributed by atoms with Crippen molar-refractivity contribution >= 4 is 48.1 Å². The number of nitrogens with zero attached hydrogens (tertiary/aromatic N) is 7. The normalized spacial score (nSPS) is 11.5. The molecule has 2 aromatic carbocycles. The predicted octanol–water partition coefficient (Wildman–Crippen LogP) is 0.888. The molecule has 0 saturated heterocycles. The van der Waals surface area contributed by atoms with Crippen LogP contribution < -0.4 is 5.69 Å². The first-order valence-corrected chi connectivity index (χ1v) is 10.9. The Bertz CT molecular complexity index is 1340. The van der Waals surface area contributed by atoms with Crippen LogP contribution in [0.1, 0.15) is 11.6 Å². The molecule has 0 bridgehead atoms. The fourth-order valence-electron chi connectivity index (χ4n) is 3.47. The van der Waals surface area contributed by atoms with Crippen molar-refractivity contribution in [1.29, 1.82) is 0 Å². The molecule has 0 atom stereocenters. The van der Waals surface area contributed by atoms with Gasteiger partial charge in [-0.15, -0.1) is 0 Å². The van der Waals surface area contributed by atoms with Gasteiger partial charge in [-0.3, -0.25) is 0 Å². The van der Waals surface area contributed by atoms with Gasteiger partial charge in [-0.25, -0.2) is 0 Å². The van der Waals surface area contributed by atoms with Crippen LogP contribution in [0.2, 0.25) is 0 Å². The van der Waals surface area contributed by atoms with E-state index in [0.717, 1.165) is 33.7 Å². The minimum absolute atomic E-state index is 0.138. The van der Waals surface area contributed by atoms with E-state index in [1.807, 2.05) is 48.5 Å². The Morgan fingerprint density at radius 2 is 1.79 bits per heavy atom. The van der Waals surface area contributed by atoms with Gasteiger partial charge in [-0.1, -0.05) is 6.07 Å². The zero-order valence-electron chi connectivity index (χ0n) is 14.9. The van der Waals surface area contributed by atoms with E-state index in [2.05, 4.69) is 25.0 Å². The third-order valence-electron chi connectivity index (χ3n) is 4.74. The summed E-state index contributed by atoms with van der Waals surface area (Å²) in [6.07, 6.45) is 0.656. The van der Waals surface area contributed by atoms with Gasteiger partial charge in [0.15, 0.2) is 0 Å². The molecule has 3 aromatic heterocycles. The summed E-state index contributed by atoms with van der Waals surface area (Å²) in [6.45, 7) is 1.06. The van der Waals surface area contributed by atoms with E-state index in [0.29, 0.717) is 45.6 Å². The molecular formula is C18H15N8OTl. The summed E-state index contributed by atoms with van der Waals surface area (Å²) < 4.78 is 5.48. The van der Waals surface area contributed by atoms with E-state index in [1.54, 1.807) is 7.17 Å². The molecule has 0 radical (unpaired) electrons. The van der Waals surface area contributed by atoms with Crippen LogP contribution in [0.25, 0.3) is 22.1 Å². The zero-order chi connectivity index (χ0) is 19.1. The monoisotopic (exact) mass is 564 g/mol. The molecule has 9 nitrogen and oxygen atoms in total. The third-order valence-corrected chi connectivity index (χ3v) is 5.59. The summed E-state index contributed by atoms with van der Waals surface area (Å²) in [5, 5.41) is 12.4. The maximum atomic E-state index is 12.5. The Hall–Kier alpha value is -2.83. The van der Waals surface area contributed by atoms with Crippen LogP contribution in [0, 0.1) is 0 Å². The summed E-state index contributed by atoms with van der Waals surface area (Å²) in [6, 6.07) is 15.7. The molecule has 0 amide bonds. The molecule has 1 N–H and O–H groups in total. The number of para-hydroxylation sites is 4. The quantitative estimate of drug-likeness (QED) is 0.320. The van der Waals surface area contributed by atoms with Crippen LogP contribution in [0.4, 0.5) is 0 Å². The van der Waals surface area contributed by atoms with Crippen molar-refractivity contribution in [1.82, 2.24) is 37.1 Å². The maximum absolute atomic E-state index is 12.5. The van der Waals surface area contributed by atoms with E-state index >= 15 is 0 Å². The van der Waals surface area contributed by atoms with E-state index in [1.165, 1.54) is 0 Å². The Balaban J connectivity index is 1.56. The van der Waals surface area contributed by atoms with Crippen LogP contribution in [0.5, 0.6) is 0 Å². The van der Waals surface area contributed by atoms with E-state index < -0.39 is 0 Å². The van der Waals surface area contributed by atoms with Crippen LogP contribution in [0.15, 0.2) is 53.3 Å². The van der Waals surface area contributed by atoms with Gasteiger partial charge >= 0.3 is 169 Å². The minimum atomic E-state index is -0.138. The molecule has 0 aliphatic carbocycles. The summed E-state index contributed by atoms with van der Waals surface area (Å²) >= 11 is 0.504. The first kappa shape index (κ1) is 17.3. The van der Waals surface area contributed by atoms with Gasteiger partial charge in [-0.2, -0.15) is 0 Å². The van der Waals surface area contributed by atoms with Crippen LogP contribution in [-0.2, 0) is 19.5 Å². The average Bonchev–Trinajstić information content (AvgIpc) is 3.36. The Labute approximate surface area is 175 Å². The molecule has 10 heteroatoms. The van der Waals surface area contributed by atoms with Gasteiger partial charge in [0, 0.05) is 0 Å². The van der Waals surface area contributed by atoms with Crippen molar-refractivity contribution in [3.8, 4) is 0 Å². The molecule has 0 aliphatic rings. The van der Waals surface area contributed by atoms with Crippen molar-refractivity contribution in [2.45, 2.75) is 19.5 Å². The second-order valence-corrected chi connectivity index (χ2v) is 8.27. The molecule has 5 aromatic rings. The number of H-pyrrole nitrogens is 1. The number of imidazole rings is 2. The van der Waals surface area contributed by atoms with Gasteiger partial charge in [0.05, 0.1) is 0 Å². The summed E-state index contributed by atoms with van der Waals surface area (Å²) in [5.41, 5.74) is 3.50. The van der Waals surface area contributed by atoms with Crippen LogP contribution >= 0.6 is 0 Å². The van der Waals surface area contributed by atoms with E-state index in [4.69, 9.17) is 4.98 Å². The SMILES string of the molecule is O=c1[nH]c2ccccc2n1Cc1nc2ccccc2n1CCc1nn[n]([Tl])n1. The first-order valence-electron chi connectivity index (χ1n) is 8.85. The molecular weight excluding hydrogens is 549 g/mol. The van der Waals surface area contributed by atoms with Gasteiger partial charge in [0.1, 0.15) is 0 Å². The number of hydrogen-bond acceptors (Lipinski definition) is 5. The second-order valence-electron chi connectivity index (χ2n) is 6.48. The molecule has 0 saturated carbocycles. The van der Waals surface area contributed by atoms with Crippen LogP contribution in [-0.4, -0.2) is 63.2 Å². The third kappa shape index (κ3) is 3.04. The molecule has 0 spiro atoms. The Morgan fingerprint density at radius 3 is 2.61 bits per heavy atom. The standard InChI is InChI=1S/C18H16N8O.Tl/c27-18-20-13-6-2-4-8-15(13)26(18)11-17-19-12-5-1-3-7-14(12)25(17)10-9-16-21-23-24-22-16;/h1-8H,9-11H2,(H2,20,21,22,23,24,27);/q;+1/p-1. The number of aryl methyl sites for hydroxylation is 2. The Kier molecular flexibility index (Phi) is 4.30. The number of tetrazole rings is 1. The van der Waals surface area contributed by atoms with Crippen molar-refractivity contribution in [3.63, 3.8) is 0 Å². The average molecular weight is 564 g/mol. The van der Waals surface area contributed by atoms with E-state index in [9.17, 15) is 4.79 Å². The molecule has 3 heterocycles. The van der Waals surface area contributed by atoms with Crippen molar-refractivity contribution in [3.05, 3.63) is 70.7 Å². The van der Waals surface area contributed by atoms with Crippen molar-refractivity contribution in [2.75, 3.05) is 0 Å². The van der Waals surface area contributed by atoms with Gasteiger partial charge in [0.2, 0.25) is 0 Å². The first-order chi connectivity index (χ1) is 13.7. The number of nitrogens with one attached hydrogen (secondary N) is 1. The predicted molar refractivity (Wildman–Crippen MR) is 104 cm³/mol. The topological polar surface area (TPSA) is 99.2 Å². The van der Waals surface area contributed by atoms with Crippen LogP contribution in [0.3, 0.4) is 0 Å². The van der Waals surface area contributed by atoms with Gasteiger partial charge in [-0.05, 0) is 0 Å². The van der Waals surface area contributed by atoms with Gasteiger partial charge < -0.3 is 0 Å². The summed E-state index contributed by atoms with van der Waals surface area (Å²) in [4.78, 5) is 20.2. The molecule has 0 aliphatic heterocycles. The number of fused-ring (bicyclic) bond motifs is 2. The van der Waals surface area contributed by atoms with Crippen molar-refractivity contribution in [2.24, 2.45) is 0 Å². The second kappa shape index (κ2) is 6.96. The number of hydrogen-bond donors (Lipinski definition) is 1. The molecule has 28 heavy (non-hydrogen) atoms. The molecule has 0 unspecified atom stereocenters. The van der Waals surface area contributed by atoms with Gasteiger partial charge in [0.25, 0.3) is 0 Å². The van der Waals surface area contributed by atoms with E-state index in [-0.39, 0.29) is 5.69 Å². The fourth-order valence-corrected chi connectivity index (χ4v) is 4.19.